The molecule has 3 heterocycles. The largest absolute Gasteiger partial charge is 0.378 e. The molecule has 0 saturated heterocycles. The van der Waals surface area contributed by atoms with Crippen molar-refractivity contribution in [1.82, 2.24) is 19.9 Å². The van der Waals surface area contributed by atoms with Crippen LogP contribution in [0.2, 0.25) is 0 Å². The molecule has 10 nitrogen and oxygen atoms in total. The number of thiophene rings is 1. The maximum Gasteiger partial charge on any atom is 0.329 e. The fourth-order valence-electron chi connectivity index (χ4n) is 2.00. The van der Waals surface area contributed by atoms with Gasteiger partial charge in [-0.2, -0.15) is 4.98 Å². The number of rotatable bonds is 4. The number of fused-ring (bicyclic) bond motifs is 1. The predicted octanol–water partition coefficient (Wildman–Crippen LogP) is 0.901. The Balaban J connectivity index is 1.88. The van der Waals surface area contributed by atoms with Gasteiger partial charge in [-0.15, -0.1) is 11.3 Å². The smallest absolute Gasteiger partial charge is 0.329 e. The zero-order valence-corrected chi connectivity index (χ0v) is 12.7. The summed E-state index contributed by atoms with van der Waals surface area (Å²) in [5.74, 6) is 0.409. The maximum absolute atomic E-state index is 11.9. The molecule has 0 amide bonds. The van der Waals surface area contributed by atoms with E-state index in [-0.39, 0.29) is 29.6 Å². The number of hydrogen-bond donors (Lipinski definition) is 2. The van der Waals surface area contributed by atoms with E-state index in [1.807, 2.05) is 0 Å². The highest BCUT2D eigenvalue weighted by Crippen LogP contribution is 2.20. The number of nitrogens with zero attached hydrogens (tertiary/aromatic N) is 5. The number of H-pyrrole nitrogens is 1. The summed E-state index contributed by atoms with van der Waals surface area (Å²) in [7, 11) is 1.67. The van der Waals surface area contributed by atoms with Crippen LogP contribution < -0.4 is 16.2 Å². The fraction of sp³-hybridized carbons (Fsp3) is 0.167. The highest BCUT2D eigenvalue weighted by molar-refractivity contribution is 7.17. The molecular formula is C12H11N7O3S. The van der Waals surface area contributed by atoms with E-state index in [2.05, 4.69) is 19.9 Å². The lowest BCUT2D eigenvalue weighted by atomic mass is 10.4. The van der Waals surface area contributed by atoms with Gasteiger partial charge >= 0.3 is 5.69 Å². The van der Waals surface area contributed by atoms with Crippen LogP contribution in [0.4, 0.5) is 17.5 Å². The minimum absolute atomic E-state index is 0.196. The Morgan fingerprint density at radius 2 is 2.26 bits per heavy atom. The Labute approximate surface area is 132 Å². The number of nitro groups is 1. The van der Waals surface area contributed by atoms with E-state index in [4.69, 9.17) is 5.73 Å². The van der Waals surface area contributed by atoms with Crippen molar-refractivity contribution in [3.63, 3.8) is 0 Å². The third-order valence-electron chi connectivity index (χ3n) is 3.07. The van der Waals surface area contributed by atoms with Crippen molar-refractivity contribution >= 4 is 39.0 Å². The first-order chi connectivity index (χ1) is 11.0. The van der Waals surface area contributed by atoms with E-state index in [0.29, 0.717) is 16.0 Å². The Morgan fingerprint density at radius 1 is 1.48 bits per heavy atom. The monoisotopic (exact) mass is 333 g/mol. The molecule has 0 radical (unpaired) electrons. The van der Waals surface area contributed by atoms with Crippen molar-refractivity contribution in [2.45, 2.75) is 6.54 Å². The number of aromatic nitrogens is 4. The lowest BCUT2D eigenvalue weighted by Gasteiger charge is -2.16. The van der Waals surface area contributed by atoms with Crippen molar-refractivity contribution in [2.75, 3.05) is 17.7 Å². The summed E-state index contributed by atoms with van der Waals surface area (Å²) in [6.07, 6.45) is 1.05. The first kappa shape index (κ1) is 14.8. The number of nitrogen functional groups attached to an aromatic ring is 1. The van der Waals surface area contributed by atoms with Crippen LogP contribution in [0.5, 0.6) is 0 Å². The van der Waals surface area contributed by atoms with Crippen molar-refractivity contribution in [3.8, 4) is 0 Å². The standard InChI is InChI=1S/C12H11N7O3S/c1-18(12-14-4-7(19(21)22)10(13)17-12)5-8-15-6-2-3-23-9(6)11(20)16-8/h2-4H,5H2,1H3,(H2,13,14,17)(H,15,16,20). The van der Waals surface area contributed by atoms with Gasteiger partial charge in [-0.05, 0) is 11.4 Å². The molecule has 0 atom stereocenters. The van der Waals surface area contributed by atoms with Crippen LogP contribution >= 0.6 is 11.3 Å². The van der Waals surface area contributed by atoms with Crippen LogP contribution in [0.15, 0.2) is 22.4 Å². The second kappa shape index (κ2) is 5.61. The number of nitrogens with one attached hydrogen (secondary N) is 1. The molecule has 0 spiro atoms. The van der Waals surface area contributed by atoms with Crippen LogP contribution in [0.1, 0.15) is 5.82 Å². The summed E-state index contributed by atoms with van der Waals surface area (Å²) in [6, 6.07) is 1.76. The molecule has 118 valence electrons. The first-order valence-electron chi connectivity index (χ1n) is 6.40. The Kier molecular flexibility index (Phi) is 3.62. The molecule has 0 aliphatic carbocycles. The van der Waals surface area contributed by atoms with E-state index in [0.717, 1.165) is 6.20 Å². The van der Waals surface area contributed by atoms with Crippen molar-refractivity contribution in [2.24, 2.45) is 0 Å². The van der Waals surface area contributed by atoms with Crippen molar-refractivity contribution in [3.05, 3.63) is 43.9 Å². The number of aromatic amines is 1. The highest BCUT2D eigenvalue weighted by Gasteiger charge is 2.16. The van der Waals surface area contributed by atoms with Gasteiger partial charge in [0.1, 0.15) is 16.7 Å². The average molecular weight is 333 g/mol. The minimum atomic E-state index is -0.650. The van der Waals surface area contributed by atoms with Crippen LogP contribution in [-0.2, 0) is 6.54 Å². The molecular weight excluding hydrogens is 322 g/mol. The number of nitrogens with two attached hydrogens (primary N) is 1. The third kappa shape index (κ3) is 2.81. The van der Waals surface area contributed by atoms with Gasteiger partial charge in [0.2, 0.25) is 11.8 Å². The van der Waals surface area contributed by atoms with E-state index >= 15 is 0 Å². The van der Waals surface area contributed by atoms with Gasteiger partial charge in [0, 0.05) is 7.05 Å². The SMILES string of the molecule is CN(Cc1nc2ccsc2c(=O)[nH]1)c1ncc([N+](=O)[O-])c(N)n1. The third-order valence-corrected chi connectivity index (χ3v) is 3.98. The molecule has 3 N–H and O–H groups in total. The highest BCUT2D eigenvalue weighted by atomic mass is 32.1. The van der Waals surface area contributed by atoms with Crippen molar-refractivity contribution < 1.29 is 4.92 Å². The number of anilines is 2. The molecule has 0 fully saturated rings. The van der Waals surface area contributed by atoms with Gasteiger partial charge in [-0.3, -0.25) is 14.9 Å². The summed E-state index contributed by atoms with van der Waals surface area (Å²) in [4.78, 5) is 38.4. The normalized spacial score (nSPS) is 10.8. The molecule has 3 aromatic heterocycles. The molecule has 0 aliphatic rings. The Morgan fingerprint density at radius 3 is 2.96 bits per heavy atom. The van der Waals surface area contributed by atoms with Gasteiger partial charge < -0.3 is 15.6 Å². The van der Waals surface area contributed by atoms with E-state index in [9.17, 15) is 14.9 Å². The fourth-order valence-corrected chi connectivity index (χ4v) is 2.72. The minimum Gasteiger partial charge on any atom is -0.378 e. The number of hydrogen-bond acceptors (Lipinski definition) is 9. The van der Waals surface area contributed by atoms with Gasteiger partial charge in [0.15, 0.2) is 0 Å². The quantitative estimate of drug-likeness (QED) is 0.529. The maximum atomic E-state index is 11.9. The van der Waals surface area contributed by atoms with E-state index < -0.39 is 4.92 Å². The van der Waals surface area contributed by atoms with E-state index in [1.54, 1.807) is 23.4 Å². The lowest BCUT2D eigenvalue weighted by Crippen LogP contribution is -2.23. The Bertz CT molecular complexity index is 951. The molecule has 0 unspecified atom stereocenters. The molecule has 0 saturated carbocycles. The second-order valence-corrected chi connectivity index (χ2v) is 5.62. The van der Waals surface area contributed by atoms with E-state index in [1.165, 1.54) is 11.3 Å². The van der Waals surface area contributed by atoms with Crippen LogP contribution in [0.25, 0.3) is 10.2 Å². The van der Waals surface area contributed by atoms with Crippen LogP contribution in [0.3, 0.4) is 0 Å². The van der Waals surface area contributed by atoms with Crippen LogP contribution in [-0.4, -0.2) is 31.9 Å². The second-order valence-electron chi connectivity index (χ2n) is 4.70. The predicted molar refractivity (Wildman–Crippen MR) is 85.4 cm³/mol. The lowest BCUT2D eigenvalue weighted by molar-refractivity contribution is -0.384. The molecule has 0 bridgehead atoms. The van der Waals surface area contributed by atoms with Gasteiger partial charge in [0.25, 0.3) is 5.56 Å². The average Bonchev–Trinajstić information content (AvgIpc) is 2.95. The zero-order chi connectivity index (χ0) is 16.6. The summed E-state index contributed by atoms with van der Waals surface area (Å²) in [6.45, 7) is 0.221. The molecule has 23 heavy (non-hydrogen) atoms. The van der Waals surface area contributed by atoms with Crippen molar-refractivity contribution in [1.29, 1.82) is 0 Å². The molecule has 0 aliphatic heterocycles. The topological polar surface area (TPSA) is 144 Å². The zero-order valence-electron chi connectivity index (χ0n) is 11.9. The van der Waals surface area contributed by atoms with Gasteiger partial charge in [0.05, 0.1) is 17.0 Å². The van der Waals surface area contributed by atoms with Gasteiger partial charge in [-0.25, -0.2) is 9.97 Å². The van der Waals surface area contributed by atoms with Crippen LogP contribution in [0, 0.1) is 10.1 Å². The summed E-state index contributed by atoms with van der Waals surface area (Å²) < 4.78 is 0.562. The molecule has 0 aromatic carbocycles. The Hall–Kier alpha value is -3.08. The molecule has 3 rings (SSSR count). The molecule has 11 heteroatoms. The first-order valence-corrected chi connectivity index (χ1v) is 7.28. The molecule has 3 aromatic rings. The summed E-state index contributed by atoms with van der Waals surface area (Å²) >= 11 is 1.32. The summed E-state index contributed by atoms with van der Waals surface area (Å²) in [5, 5.41) is 12.5. The van der Waals surface area contributed by atoms with Gasteiger partial charge in [-0.1, -0.05) is 0 Å². The summed E-state index contributed by atoms with van der Waals surface area (Å²) in [5.41, 5.74) is 5.60.